The van der Waals surface area contributed by atoms with Crippen LogP contribution in [0.2, 0.25) is 0 Å². The fraction of sp³-hybridized carbons (Fsp3) is 0.875. The van der Waals surface area contributed by atoms with Crippen molar-refractivity contribution in [1.29, 1.82) is 0 Å². The van der Waals surface area contributed by atoms with Crippen LogP contribution in [0.3, 0.4) is 0 Å². The van der Waals surface area contributed by atoms with E-state index >= 15 is 0 Å². The van der Waals surface area contributed by atoms with E-state index in [2.05, 4.69) is 4.99 Å². The van der Waals surface area contributed by atoms with E-state index in [1.165, 1.54) is 0 Å². The van der Waals surface area contributed by atoms with Gasteiger partial charge in [-0.3, -0.25) is 4.99 Å². The molecule has 0 aromatic carbocycles. The van der Waals surface area contributed by atoms with Crippen molar-refractivity contribution in [2.45, 2.75) is 12.3 Å². The molecule has 0 aromatic rings. The van der Waals surface area contributed by atoms with Gasteiger partial charge in [0.05, 0.1) is 0 Å². The highest BCUT2D eigenvalue weighted by molar-refractivity contribution is 8.01. The van der Waals surface area contributed by atoms with Crippen molar-refractivity contribution in [3.8, 4) is 0 Å². The summed E-state index contributed by atoms with van der Waals surface area (Å²) in [5.74, 6) is 1.93. The van der Waals surface area contributed by atoms with E-state index in [-0.39, 0.29) is 5.75 Å². The molecule has 1 aliphatic rings. The maximum absolute atomic E-state index is 11.8. The van der Waals surface area contributed by atoms with Crippen LogP contribution in [-0.4, -0.2) is 55.5 Å². The van der Waals surface area contributed by atoms with Gasteiger partial charge in [-0.1, -0.05) is 6.92 Å². The Morgan fingerprint density at radius 3 is 2.87 bits per heavy atom. The molecule has 1 heterocycles. The van der Waals surface area contributed by atoms with Gasteiger partial charge in [0.2, 0.25) is 0 Å². The van der Waals surface area contributed by atoms with Gasteiger partial charge in [0.15, 0.2) is 15.8 Å². The molecule has 1 rings (SSSR count). The van der Waals surface area contributed by atoms with Gasteiger partial charge < -0.3 is 10.6 Å². The summed E-state index contributed by atoms with van der Waals surface area (Å²) in [6.07, 6.45) is 0. The summed E-state index contributed by atoms with van der Waals surface area (Å²) in [7, 11) is -1.51. The lowest BCUT2D eigenvalue weighted by molar-refractivity contribution is 0.404. The molecule has 1 aliphatic heterocycles. The van der Waals surface area contributed by atoms with E-state index in [0.717, 1.165) is 5.75 Å². The summed E-state index contributed by atoms with van der Waals surface area (Å²) < 4.78 is 23.6. The number of hydrogen-bond acceptors (Lipinski definition) is 4. The Morgan fingerprint density at radius 2 is 2.33 bits per heavy atom. The lowest BCUT2D eigenvalue weighted by Gasteiger charge is -2.35. The van der Waals surface area contributed by atoms with Crippen LogP contribution in [-0.2, 0) is 9.84 Å². The van der Waals surface area contributed by atoms with Gasteiger partial charge in [-0.15, -0.1) is 0 Å². The van der Waals surface area contributed by atoms with Gasteiger partial charge in [-0.2, -0.15) is 11.8 Å². The summed E-state index contributed by atoms with van der Waals surface area (Å²) in [4.78, 5) is 5.55. The quantitative estimate of drug-likeness (QED) is 0.540. The van der Waals surface area contributed by atoms with Gasteiger partial charge in [-0.25, -0.2) is 8.42 Å². The Morgan fingerprint density at radius 1 is 1.67 bits per heavy atom. The zero-order chi connectivity index (χ0) is 11.5. The molecule has 0 aliphatic carbocycles. The Hall–Kier alpha value is -0.430. The molecule has 1 fully saturated rings. The van der Waals surface area contributed by atoms with Crippen molar-refractivity contribution < 1.29 is 8.42 Å². The molecule has 0 spiro atoms. The van der Waals surface area contributed by atoms with Gasteiger partial charge >= 0.3 is 0 Å². The lowest BCUT2D eigenvalue weighted by Crippen LogP contribution is -2.53. The van der Waals surface area contributed by atoms with Crippen molar-refractivity contribution >= 4 is 27.6 Å². The molecule has 1 unspecified atom stereocenters. The molecule has 0 radical (unpaired) electrons. The zero-order valence-electron chi connectivity index (χ0n) is 9.01. The van der Waals surface area contributed by atoms with Crippen molar-refractivity contribution in [3.63, 3.8) is 0 Å². The molecule has 0 aromatic heterocycles. The summed E-state index contributed by atoms with van der Waals surface area (Å²) in [6.45, 7) is 2.31. The highest BCUT2D eigenvalue weighted by atomic mass is 32.2. The van der Waals surface area contributed by atoms with E-state index in [1.54, 1.807) is 30.6 Å². The van der Waals surface area contributed by atoms with Crippen molar-refractivity contribution in [2.75, 3.05) is 30.9 Å². The third-order valence-electron chi connectivity index (χ3n) is 2.42. The predicted octanol–water partition coefficient (Wildman–Crippen LogP) is -0.259. The normalized spacial score (nSPS) is 24.3. The summed E-state index contributed by atoms with van der Waals surface area (Å²) in [5.41, 5.74) is 5.69. The van der Waals surface area contributed by atoms with Crippen molar-refractivity contribution in [3.05, 3.63) is 0 Å². The Labute approximate surface area is 95.0 Å². The number of nitrogens with two attached hydrogens (primary N) is 1. The van der Waals surface area contributed by atoms with Crippen LogP contribution in [0.5, 0.6) is 0 Å². The highest BCUT2D eigenvalue weighted by Crippen LogP contribution is 2.20. The molecular formula is C8H17N3O2S2. The first-order valence-electron chi connectivity index (χ1n) is 4.81. The zero-order valence-corrected chi connectivity index (χ0v) is 10.6. The van der Waals surface area contributed by atoms with E-state index in [0.29, 0.717) is 18.3 Å². The first-order chi connectivity index (χ1) is 7.03. The molecule has 2 N–H and O–H groups in total. The van der Waals surface area contributed by atoms with E-state index in [9.17, 15) is 8.42 Å². The third kappa shape index (κ3) is 2.78. The minimum atomic E-state index is -3.08. The fourth-order valence-corrected chi connectivity index (χ4v) is 4.44. The Kier molecular flexibility index (Phi) is 4.27. The van der Waals surface area contributed by atoms with Crippen LogP contribution < -0.4 is 5.73 Å². The summed E-state index contributed by atoms with van der Waals surface area (Å²) >= 11 is 1.65. The second kappa shape index (κ2) is 5.07. The number of thioether (sulfide) groups is 1. The molecule has 1 saturated heterocycles. The van der Waals surface area contributed by atoms with E-state index in [4.69, 9.17) is 5.73 Å². The molecular weight excluding hydrogens is 234 g/mol. The van der Waals surface area contributed by atoms with Crippen LogP contribution in [0.25, 0.3) is 0 Å². The number of hydrogen-bond donors (Lipinski definition) is 1. The number of sulfone groups is 1. The standard InChI is InChI=1S/C8H17N3O2S2/c1-3-15(12,13)7-6-14-5-4-11(7)8(9)10-2/h7H,3-6H2,1-2H3,(H2,9,10). The van der Waals surface area contributed by atoms with Gasteiger partial charge in [-0.05, 0) is 0 Å². The molecule has 1 atom stereocenters. The second-order valence-electron chi connectivity index (χ2n) is 3.26. The van der Waals surface area contributed by atoms with Crippen LogP contribution in [0.1, 0.15) is 6.92 Å². The van der Waals surface area contributed by atoms with Crippen LogP contribution in [0.15, 0.2) is 4.99 Å². The molecule has 5 nitrogen and oxygen atoms in total. The van der Waals surface area contributed by atoms with Gasteiger partial charge in [0.1, 0.15) is 5.37 Å². The molecule has 0 saturated carbocycles. The number of aliphatic imine (C=N–C) groups is 1. The minimum Gasteiger partial charge on any atom is -0.370 e. The fourth-order valence-electron chi connectivity index (χ4n) is 1.46. The minimum absolute atomic E-state index is 0.145. The maximum Gasteiger partial charge on any atom is 0.192 e. The number of nitrogens with zero attached hydrogens (tertiary/aromatic N) is 2. The van der Waals surface area contributed by atoms with Crippen LogP contribution in [0, 0.1) is 0 Å². The molecule has 15 heavy (non-hydrogen) atoms. The predicted molar refractivity (Wildman–Crippen MR) is 64.8 cm³/mol. The number of rotatable bonds is 2. The van der Waals surface area contributed by atoms with Gasteiger partial charge in [0.25, 0.3) is 0 Å². The van der Waals surface area contributed by atoms with E-state index in [1.807, 2.05) is 0 Å². The Balaban J connectivity index is 2.93. The maximum atomic E-state index is 11.8. The van der Waals surface area contributed by atoms with Crippen LogP contribution in [0.4, 0.5) is 0 Å². The largest absolute Gasteiger partial charge is 0.370 e. The topological polar surface area (TPSA) is 75.8 Å². The third-order valence-corrected chi connectivity index (χ3v) is 5.71. The lowest BCUT2D eigenvalue weighted by atomic mass is 10.5. The molecule has 88 valence electrons. The first kappa shape index (κ1) is 12.6. The second-order valence-corrected chi connectivity index (χ2v) is 6.85. The SMILES string of the molecule is CCS(=O)(=O)C1CSCCN1C(N)=NC. The Bertz CT molecular complexity index is 340. The molecule has 0 bridgehead atoms. The smallest absolute Gasteiger partial charge is 0.192 e. The van der Waals surface area contributed by atoms with Crippen molar-refractivity contribution in [2.24, 2.45) is 10.7 Å². The summed E-state index contributed by atoms with van der Waals surface area (Å²) in [5, 5.41) is -0.509. The monoisotopic (exact) mass is 251 g/mol. The first-order valence-corrected chi connectivity index (χ1v) is 7.68. The number of guanidine groups is 1. The van der Waals surface area contributed by atoms with Crippen LogP contribution >= 0.6 is 11.8 Å². The molecule has 7 heteroatoms. The summed E-state index contributed by atoms with van der Waals surface area (Å²) in [6, 6.07) is 0. The average molecular weight is 251 g/mol. The highest BCUT2D eigenvalue weighted by Gasteiger charge is 2.33. The van der Waals surface area contributed by atoms with Crippen molar-refractivity contribution in [1.82, 2.24) is 4.90 Å². The van der Waals surface area contributed by atoms with E-state index < -0.39 is 15.2 Å². The average Bonchev–Trinajstić information content (AvgIpc) is 2.28. The van der Waals surface area contributed by atoms with Gasteiger partial charge in [0, 0.05) is 30.9 Å². The molecule has 0 amide bonds.